The molecule has 2 aliphatic rings. The Bertz CT molecular complexity index is 1260. The lowest BCUT2D eigenvalue weighted by Gasteiger charge is -2.33. The van der Waals surface area contributed by atoms with E-state index in [9.17, 15) is 23.3 Å². The van der Waals surface area contributed by atoms with Crippen LogP contribution in [0.2, 0.25) is 0 Å². The number of anilines is 1. The number of ether oxygens (including phenoxy) is 4. The number of nitrogens with zero attached hydrogens (tertiary/aromatic N) is 4. The Morgan fingerprint density at radius 3 is 2.36 bits per heavy atom. The van der Waals surface area contributed by atoms with Crippen molar-refractivity contribution in [3.8, 4) is 17.5 Å². The molecule has 1 unspecified atom stereocenters. The second-order valence-electron chi connectivity index (χ2n) is 9.35. The van der Waals surface area contributed by atoms with E-state index in [-0.39, 0.29) is 29.8 Å². The molecule has 2 aromatic carbocycles. The number of fused-ring (bicyclic) bond motifs is 1. The van der Waals surface area contributed by atoms with Crippen LogP contribution in [0.3, 0.4) is 0 Å². The third kappa shape index (κ3) is 7.11. The maximum Gasteiger partial charge on any atom is 0.573 e. The van der Waals surface area contributed by atoms with Gasteiger partial charge in [0.05, 0.1) is 12.7 Å². The van der Waals surface area contributed by atoms with Crippen molar-refractivity contribution in [3.63, 3.8) is 0 Å². The largest absolute Gasteiger partial charge is 0.573 e. The number of aromatic nitrogens is 2. The minimum Gasteiger partial charge on any atom is -0.490 e. The molecule has 0 bridgehead atoms. The lowest BCUT2D eigenvalue weighted by atomic mass is 10.1. The van der Waals surface area contributed by atoms with Crippen LogP contribution in [0.4, 0.5) is 24.7 Å². The van der Waals surface area contributed by atoms with E-state index in [0.717, 1.165) is 37.2 Å². The fourth-order valence-corrected chi connectivity index (χ4v) is 4.56. The second kappa shape index (κ2) is 11.4. The highest BCUT2D eigenvalue weighted by molar-refractivity contribution is 5.49. The van der Waals surface area contributed by atoms with Crippen LogP contribution in [-0.2, 0) is 17.9 Å². The number of hydrogen-bond acceptors (Lipinski definition) is 8. The van der Waals surface area contributed by atoms with E-state index in [1.165, 1.54) is 18.3 Å². The van der Waals surface area contributed by atoms with Crippen molar-refractivity contribution >= 4 is 11.5 Å². The zero-order valence-electron chi connectivity index (χ0n) is 20.9. The van der Waals surface area contributed by atoms with Crippen molar-refractivity contribution in [3.05, 3.63) is 70.4 Å². The number of hydrogen-bond donors (Lipinski definition) is 0. The number of alkyl halides is 3. The van der Waals surface area contributed by atoms with Gasteiger partial charge in [-0.3, -0.25) is 4.57 Å². The molecular formula is C26H27F3N4O6. The van der Waals surface area contributed by atoms with Gasteiger partial charge in [-0.05, 0) is 59.7 Å². The van der Waals surface area contributed by atoms with E-state index >= 15 is 0 Å². The van der Waals surface area contributed by atoms with Gasteiger partial charge in [0.25, 0.3) is 0 Å². The van der Waals surface area contributed by atoms with E-state index in [1.807, 2.05) is 24.3 Å². The molecule has 1 aromatic heterocycles. The minimum absolute atomic E-state index is 0.0717. The number of nitro groups is 1. The number of aryl methyl sites for hydroxylation is 1. The third-order valence-corrected chi connectivity index (χ3v) is 6.60. The highest BCUT2D eigenvalue weighted by atomic mass is 19.4. The average Bonchev–Trinajstić information content (AvgIpc) is 3.35. The number of piperidine rings is 1. The number of benzene rings is 2. The highest BCUT2D eigenvalue weighted by Crippen LogP contribution is 2.27. The summed E-state index contributed by atoms with van der Waals surface area (Å²) in [5.74, 6) is 0.220. The quantitative estimate of drug-likeness (QED) is 0.269. The summed E-state index contributed by atoms with van der Waals surface area (Å²) in [6.45, 7) is 2.84. The third-order valence-electron chi connectivity index (χ3n) is 6.60. The molecule has 0 N–H and O–H groups in total. The Morgan fingerprint density at radius 2 is 1.69 bits per heavy atom. The molecule has 0 radical (unpaired) electrons. The van der Waals surface area contributed by atoms with E-state index in [4.69, 9.17) is 14.2 Å². The number of halogens is 3. The summed E-state index contributed by atoms with van der Waals surface area (Å²) in [5.41, 5.74) is 1.86. The van der Waals surface area contributed by atoms with E-state index in [2.05, 4.69) is 14.6 Å². The highest BCUT2D eigenvalue weighted by Gasteiger charge is 2.31. The predicted octanol–water partition coefficient (Wildman–Crippen LogP) is 5.11. The molecule has 39 heavy (non-hydrogen) atoms. The van der Waals surface area contributed by atoms with Crippen molar-refractivity contribution in [1.29, 1.82) is 0 Å². The molecule has 0 saturated carbocycles. The van der Waals surface area contributed by atoms with Crippen LogP contribution in [0.5, 0.6) is 17.5 Å². The first kappa shape index (κ1) is 26.6. The summed E-state index contributed by atoms with van der Waals surface area (Å²) in [5, 5.41) is 10.9. The molecule has 0 amide bonds. The molecule has 208 valence electrons. The first-order valence-electron chi connectivity index (χ1n) is 12.5. The number of imidazole rings is 1. The van der Waals surface area contributed by atoms with Crippen molar-refractivity contribution in [2.24, 2.45) is 0 Å². The molecule has 1 fully saturated rings. The van der Waals surface area contributed by atoms with Crippen LogP contribution in [0.1, 0.15) is 24.8 Å². The fraction of sp³-hybridized carbons (Fsp3) is 0.423. The molecule has 2 aliphatic heterocycles. The van der Waals surface area contributed by atoms with Gasteiger partial charge in [0.15, 0.2) is 0 Å². The van der Waals surface area contributed by atoms with Gasteiger partial charge in [-0.1, -0.05) is 12.1 Å². The van der Waals surface area contributed by atoms with Gasteiger partial charge >= 0.3 is 18.2 Å². The SMILES string of the molecule is O=[N+]([O-])c1cn2c(n1)OC(COc1ccc(N3CCC(OCc4ccc(OC(F)(F)F)cc4)CC3)cc1)CC2. The summed E-state index contributed by atoms with van der Waals surface area (Å²) in [6.07, 6.45) is -1.18. The summed E-state index contributed by atoms with van der Waals surface area (Å²) < 4.78 is 60.0. The maximum absolute atomic E-state index is 12.3. The second-order valence-corrected chi connectivity index (χ2v) is 9.35. The molecule has 1 saturated heterocycles. The number of rotatable bonds is 9. The molecule has 1 atom stereocenters. The van der Waals surface area contributed by atoms with Gasteiger partial charge in [0.1, 0.15) is 30.4 Å². The topological polar surface area (TPSA) is 101 Å². The van der Waals surface area contributed by atoms with Crippen LogP contribution >= 0.6 is 0 Å². The normalized spacial score (nSPS) is 17.8. The first-order valence-corrected chi connectivity index (χ1v) is 12.5. The first-order chi connectivity index (χ1) is 18.7. The van der Waals surface area contributed by atoms with Gasteiger partial charge in [-0.15, -0.1) is 13.2 Å². The van der Waals surface area contributed by atoms with E-state index in [0.29, 0.717) is 31.9 Å². The smallest absolute Gasteiger partial charge is 0.490 e. The Morgan fingerprint density at radius 1 is 1.00 bits per heavy atom. The van der Waals surface area contributed by atoms with Crippen molar-refractivity contribution in [2.45, 2.75) is 51.0 Å². The van der Waals surface area contributed by atoms with Crippen molar-refractivity contribution in [2.75, 3.05) is 24.6 Å². The fourth-order valence-electron chi connectivity index (χ4n) is 4.56. The van der Waals surface area contributed by atoms with E-state index in [1.54, 1.807) is 16.7 Å². The lowest BCUT2D eigenvalue weighted by Crippen LogP contribution is -2.37. The van der Waals surface area contributed by atoms with Gasteiger partial charge in [0, 0.05) is 36.7 Å². The molecule has 3 heterocycles. The minimum atomic E-state index is -4.70. The molecular weight excluding hydrogens is 521 g/mol. The lowest BCUT2D eigenvalue weighted by molar-refractivity contribution is -0.389. The monoisotopic (exact) mass is 548 g/mol. The van der Waals surface area contributed by atoms with Crippen molar-refractivity contribution < 1.29 is 37.0 Å². The van der Waals surface area contributed by atoms with E-state index < -0.39 is 11.3 Å². The van der Waals surface area contributed by atoms with Crippen LogP contribution in [0.15, 0.2) is 54.7 Å². The van der Waals surface area contributed by atoms with Gasteiger partial charge in [0.2, 0.25) is 0 Å². The summed E-state index contributed by atoms with van der Waals surface area (Å²) in [7, 11) is 0. The van der Waals surface area contributed by atoms with Gasteiger partial charge in [-0.2, -0.15) is 0 Å². The Labute approximate surface area is 222 Å². The predicted molar refractivity (Wildman–Crippen MR) is 133 cm³/mol. The summed E-state index contributed by atoms with van der Waals surface area (Å²) in [4.78, 5) is 16.5. The molecule has 5 rings (SSSR count). The molecule has 0 spiro atoms. The Balaban J connectivity index is 1.03. The van der Waals surface area contributed by atoms with Crippen LogP contribution in [-0.4, -0.2) is 52.7 Å². The zero-order chi connectivity index (χ0) is 27.4. The van der Waals surface area contributed by atoms with Crippen LogP contribution in [0, 0.1) is 10.1 Å². The molecule has 3 aromatic rings. The maximum atomic E-state index is 12.3. The Kier molecular flexibility index (Phi) is 7.77. The van der Waals surface area contributed by atoms with Crippen molar-refractivity contribution in [1.82, 2.24) is 9.55 Å². The average molecular weight is 549 g/mol. The molecule has 0 aliphatic carbocycles. The van der Waals surface area contributed by atoms with Crippen LogP contribution < -0.4 is 19.1 Å². The zero-order valence-corrected chi connectivity index (χ0v) is 20.9. The standard InChI is InChI=1S/C26H27F3N4O6/c27-26(28,29)39-22-5-1-18(2-6-22)16-36-21-9-12-31(13-10-21)19-3-7-20(8-4-19)37-17-23-11-14-32-15-24(33(34)35)30-25(32)38-23/h1-8,15,21,23H,9-14,16-17H2. The molecule has 13 heteroatoms. The molecule has 10 nitrogen and oxygen atoms in total. The van der Waals surface area contributed by atoms with Crippen LogP contribution in [0.25, 0.3) is 0 Å². The summed E-state index contributed by atoms with van der Waals surface area (Å²) in [6, 6.07) is 13.7. The van der Waals surface area contributed by atoms with Gasteiger partial charge < -0.3 is 34.0 Å². The Hall–Kier alpha value is -4.00. The summed E-state index contributed by atoms with van der Waals surface area (Å²) >= 11 is 0. The van der Waals surface area contributed by atoms with Gasteiger partial charge in [-0.25, -0.2) is 0 Å².